The van der Waals surface area contributed by atoms with Gasteiger partial charge in [-0.1, -0.05) is 19.1 Å². The van der Waals surface area contributed by atoms with Crippen molar-refractivity contribution in [1.29, 1.82) is 0 Å². The Kier molecular flexibility index (Phi) is 6.16. The molecule has 6 heteroatoms. The quantitative estimate of drug-likeness (QED) is 0.784. The van der Waals surface area contributed by atoms with Gasteiger partial charge < -0.3 is 5.73 Å². The van der Waals surface area contributed by atoms with Crippen molar-refractivity contribution in [3.05, 3.63) is 29.8 Å². The molecule has 0 saturated carbocycles. The molecule has 4 nitrogen and oxygen atoms in total. The lowest BCUT2D eigenvalue weighted by Gasteiger charge is -2.26. The summed E-state index contributed by atoms with van der Waals surface area (Å²) in [5.41, 5.74) is 6.99. The number of anilines is 1. The van der Waals surface area contributed by atoms with E-state index in [0.29, 0.717) is 5.69 Å². The fourth-order valence-electron chi connectivity index (χ4n) is 1.89. The van der Waals surface area contributed by atoms with Crippen LogP contribution in [-0.2, 0) is 15.8 Å². The minimum absolute atomic E-state index is 0.000574. The maximum absolute atomic E-state index is 12.4. The molecule has 0 aliphatic carbocycles. The predicted octanol–water partition coefficient (Wildman–Crippen LogP) is 2.17. The summed E-state index contributed by atoms with van der Waals surface area (Å²) in [6.45, 7) is 2.01. The minimum atomic E-state index is -3.30. The lowest BCUT2D eigenvalue weighted by molar-refractivity contribution is 0.385. The predicted molar refractivity (Wildman–Crippen MR) is 83.7 cm³/mol. The van der Waals surface area contributed by atoms with Crippen LogP contribution in [0.3, 0.4) is 0 Å². The summed E-state index contributed by atoms with van der Waals surface area (Å²) in [6, 6.07) is 7.07. The van der Waals surface area contributed by atoms with Crippen molar-refractivity contribution in [2.45, 2.75) is 25.1 Å². The Bertz CT molecular complexity index is 503. The lowest BCUT2D eigenvalue weighted by atomic mass is 10.2. The monoisotopic (exact) mass is 302 g/mol. The van der Waals surface area contributed by atoms with Crippen LogP contribution in [-0.4, -0.2) is 37.8 Å². The van der Waals surface area contributed by atoms with Crippen LogP contribution < -0.4 is 5.73 Å². The maximum Gasteiger partial charge on any atom is 0.218 e. The number of nitrogens with two attached hydrogens (primary N) is 1. The van der Waals surface area contributed by atoms with E-state index in [0.717, 1.165) is 17.7 Å². The molecular weight excluding hydrogens is 280 g/mol. The van der Waals surface area contributed by atoms with Gasteiger partial charge in [0.1, 0.15) is 0 Å². The number of nitrogens with zero attached hydrogens (tertiary/aromatic N) is 1. The normalized spacial score (nSPS) is 13.7. The van der Waals surface area contributed by atoms with Gasteiger partial charge in [-0.3, -0.25) is 0 Å². The second kappa shape index (κ2) is 7.17. The molecule has 19 heavy (non-hydrogen) atoms. The highest BCUT2D eigenvalue weighted by atomic mass is 32.2. The molecule has 0 bridgehead atoms. The largest absolute Gasteiger partial charge is 0.399 e. The van der Waals surface area contributed by atoms with Gasteiger partial charge in [-0.05, 0) is 30.4 Å². The second-order valence-corrected chi connectivity index (χ2v) is 7.47. The number of rotatable bonds is 7. The molecule has 0 saturated heterocycles. The molecule has 0 aromatic heterocycles. The third-order valence-electron chi connectivity index (χ3n) is 3.08. The van der Waals surface area contributed by atoms with Crippen molar-refractivity contribution in [3.8, 4) is 0 Å². The molecule has 0 aliphatic heterocycles. The van der Waals surface area contributed by atoms with Crippen LogP contribution in [0.2, 0.25) is 0 Å². The van der Waals surface area contributed by atoms with Gasteiger partial charge in [0.2, 0.25) is 10.0 Å². The van der Waals surface area contributed by atoms with Crippen LogP contribution in [0.4, 0.5) is 5.69 Å². The van der Waals surface area contributed by atoms with E-state index in [9.17, 15) is 8.42 Å². The molecule has 0 amide bonds. The molecule has 0 heterocycles. The molecule has 1 unspecified atom stereocenters. The van der Waals surface area contributed by atoms with Gasteiger partial charge in [0, 0.05) is 24.5 Å². The topological polar surface area (TPSA) is 63.4 Å². The van der Waals surface area contributed by atoms with Gasteiger partial charge >= 0.3 is 0 Å². The van der Waals surface area contributed by atoms with E-state index in [-0.39, 0.29) is 11.8 Å². The summed E-state index contributed by atoms with van der Waals surface area (Å²) in [5, 5.41) is 0. The van der Waals surface area contributed by atoms with Crippen molar-refractivity contribution in [3.63, 3.8) is 0 Å². The van der Waals surface area contributed by atoms with Gasteiger partial charge in [0.15, 0.2) is 0 Å². The van der Waals surface area contributed by atoms with E-state index >= 15 is 0 Å². The van der Waals surface area contributed by atoms with Gasteiger partial charge in [-0.15, -0.1) is 0 Å². The van der Waals surface area contributed by atoms with E-state index in [1.54, 1.807) is 43.1 Å². The van der Waals surface area contributed by atoms with E-state index in [2.05, 4.69) is 0 Å². The summed E-state index contributed by atoms with van der Waals surface area (Å²) < 4.78 is 26.2. The first kappa shape index (κ1) is 16.3. The summed E-state index contributed by atoms with van der Waals surface area (Å²) in [6.07, 6.45) is 2.80. The van der Waals surface area contributed by atoms with Crippen molar-refractivity contribution in [2.75, 3.05) is 24.8 Å². The first-order valence-corrected chi connectivity index (χ1v) is 9.20. The van der Waals surface area contributed by atoms with Gasteiger partial charge in [-0.25, -0.2) is 12.7 Å². The van der Waals surface area contributed by atoms with E-state index in [1.807, 2.05) is 13.2 Å². The summed E-state index contributed by atoms with van der Waals surface area (Å²) >= 11 is 1.66. The fraction of sp³-hybridized carbons (Fsp3) is 0.538. The third kappa shape index (κ3) is 4.71. The third-order valence-corrected chi connectivity index (χ3v) is 5.68. The number of hydrogen-bond acceptors (Lipinski definition) is 4. The zero-order valence-electron chi connectivity index (χ0n) is 11.7. The smallest absolute Gasteiger partial charge is 0.218 e. The highest BCUT2D eigenvalue weighted by Crippen LogP contribution is 2.17. The van der Waals surface area contributed by atoms with Crippen LogP contribution in [0.15, 0.2) is 24.3 Å². The Morgan fingerprint density at radius 2 is 2.11 bits per heavy atom. The number of sulfonamides is 1. The molecule has 0 fully saturated rings. The Hall–Kier alpha value is -0.720. The van der Waals surface area contributed by atoms with Crippen molar-refractivity contribution in [2.24, 2.45) is 0 Å². The molecule has 0 radical (unpaired) electrons. The van der Waals surface area contributed by atoms with Crippen LogP contribution in [0.1, 0.15) is 18.9 Å². The summed E-state index contributed by atoms with van der Waals surface area (Å²) in [5.74, 6) is 0.808. The van der Waals surface area contributed by atoms with Crippen LogP contribution in [0.5, 0.6) is 0 Å². The van der Waals surface area contributed by atoms with Gasteiger partial charge in [-0.2, -0.15) is 11.8 Å². The summed E-state index contributed by atoms with van der Waals surface area (Å²) in [4.78, 5) is 0. The molecule has 2 N–H and O–H groups in total. The van der Waals surface area contributed by atoms with E-state index in [4.69, 9.17) is 5.73 Å². The number of nitrogen functional groups attached to an aromatic ring is 1. The highest BCUT2D eigenvalue weighted by Gasteiger charge is 2.25. The first-order valence-electron chi connectivity index (χ1n) is 6.19. The first-order chi connectivity index (χ1) is 8.90. The molecule has 0 aliphatic rings. The van der Waals surface area contributed by atoms with Crippen LogP contribution in [0, 0.1) is 0 Å². The van der Waals surface area contributed by atoms with Gasteiger partial charge in [0.25, 0.3) is 0 Å². The molecule has 0 spiro atoms. The average molecular weight is 302 g/mol. The molecule has 1 aromatic rings. The maximum atomic E-state index is 12.4. The van der Waals surface area contributed by atoms with Crippen LogP contribution >= 0.6 is 11.8 Å². The molecule has 108 valence electrons. The Morgan fingerprint density at radius 3 is 2.63 bits per heavy atom. The molecule has 1 aromatic carbocycles. The second-order valence-electron chi connectivity index (χ2n) is 4.53. The van der Waals surface area contributed by atoms with E-state index in [1.165, 1.54) is 4.31 Å². The number of thioether (sulfide) groups is 1. The van der Waals surface area contributed by atoms with Crippen LogP contribution in [0.25, 0.3) is 0 Å². The average Bonchev–Trinajstić information content (AvgIpc) is 2.34. The van der Waals surface area contributed by atoms with Crippen molar-refractivity contribution < 1.29 is 8.42 Å². The zero-order chi connectivity index (χ0) is 14.5. The van der Waals surface area contributed by atoms with Crippen molar-refractivity contribution in [1.82, 2.24) is 4.31 Å². The summed E-state index contributed by atoms with van der Waals surface area (Å²) in [7, 11) is -1.64. The highest BCUT2D eigenvalue weighted by molar-refractivity contribution is 7.98. The molecular formula is C13H22N2O2S2. The fourth-order valence-corrected chi connectivity index (χ4v) is 4.32. The lowest BCUT2D eigenvalue weighted by Crippen LogP contribution is -2.38. The standard InChI is InChI=1S/C13H22N2O2S2/c1-4-13(9-18-3)15(2)19(16,17)10-11-6-5-7-12(14)8-11/h5-8,13H,4,9-10,14H2,1-3H3. The van der Waals surface area contributed by atoms with Gasteiger partial charge in [0.05, 0.1) is 5.75 Å². The van der Waals surface area contributed by atoms with E-state index < -0.39 is 10.0 Å². The Balaban J connectivity index is 2.85. The number of hydrogen-bond donors (Lipinski definition) is 1. The molecule has 1 atom stereocenters. The van der Waals surface area contributed by atoms with Crippen molar-refractivity contribution >= 4 is 27.5 Å². The Labute approximate surface area is 120 Å². The molecule has 1 rings (SSSR count). The minimum Gasteiger partial charge on any atom is -0.399 e. The zero-order valence-corrected chi connectivity index (χ0v) is 13.3. The number of benzene rings is 1. The Morgan fingerprint density at radius 1 is 1.42 bits per heavy atom. The SMILES string of the molecule is CCC(CSC)N(C)S(=O)(=O)Cc1cccc(N)c1.